The molecular formula is C16H32N2. The molecule has 2 aliphatic rings. The minimum Gasteiger partial charge on any atom is -0.310 e. The molecule has 106 valence electrons. The molecule has 0 spiro atoms. The highest BCUT2D eigenvalue weighted by atomic mass is 15.2. The molecule has 0 radical (unpaired) electrons. The fourth-order valence-electron chi connectivity index (χ4n) is 3.61. The Morgan fingerprint density at radius 1 is 1.22 bits per heavy atom. The van der Waals surface area contributed by atoms with Gasteiger partial charge in [-0.05, 0) is 52.1 Å². The van der Waals surface area contributed by atoms with Crippen LogP contribution in [-0.2, 0) is 0 Å². The van der Waals surface area contributed by atoms with Gasteiger partial charge in [0.2, 0.25) is 0 Å². The van der Waals surface area contributed by atoms with Gasteiger partial charge in [-0.3, -0.25) is 4.90 Å². The van der Waals surface area contributed by atoms with Gasteiger partial charge in [0.15, 0.2) is 0 Å². The van der Waals surface area contributed by atoms with Gasteiger partial charge in [0, 0.05) is 18.1 Å². The molecule has 1 N–H and O–H groups in total. The molecule has 1 saturated heterocycles. The molecule has 1 aliphatic carbocycles. The lowest BCUT2D eigenvalue weighted by molar-refractivity contribution is 0.161. The predicted octanol–water partition coefficient (Wildman–Crippen LogP) is 3.42. The smallest absolute Gasteiger partial charge is 0.0277 e. The van der Waals surface area contributed by atoms with E-state index in [2.05, 4.69) is 31.0 Å². The molecule has 0 amide bonds. The highest BCUT2D eigenvalue weighted by Crippen LogP contribution is 2.28. The Morgan fingerprint density at radius 2 is 1.94 bits per heavy atom. The molecular weight excluding hydrogens is 220 g/mol. The summed E-state index contributed by atoms with van der Waals surface area (Å²) in [6.45, 7) is 10.9. The van der Waals surface area contributed by atoms with Crippen LogP contribution < -0.4 is 5.32 Å². The fourth-order valence-corrected chi connectivity index (χ4v) is 3.61. The van der Waals surface area contributed by atoms with Crippen LogP contribution in [0.3, 0.4) is 0 Å². The molecule has 2 fully saturated rings. The largest absolute Gasteiger partial charge is 0.310 e. The molecule has 0 bridgehead atoms. The highest BCUT2D eigenvalue weighted by molar-refractivity contribution is 4.90. The molecule has 1 saturated carbocycles. The van der Waals surface area contributed by atoms with Gasteiger partial charge in [0.25, 0.3) is 0 Å². The van der Waals surface area contributed by atoms with E-state index in [0.717, 1.165) is 12.0 Å². The molecule has 2 atom stereocenters. The van der Waals surface area contributed by atoms with Gasteiger partial charge in [0.1, 0.15) is 0 Å². The van der Waals surface area contributed by atoms with Crippen LogP contribution in [0.4, 0.5) is 0 Å². The maximum absolute atomic E-state index is 3.75. The van der Waals surface area contributed by atoms with E-state index < -0.39 is 0 Å². The lowest BCUT2D eigenvalue weighted by atomic mass is 9.97. The molecule has 2 heteroatoms. The Bertz CT molecular complexity index is 247. The van der Waals surface area contributed by atoms with Crippen molar-refractivity contribution in [2.24, 2.45) is 5.92 Å². The zero-order valence-corrected chi connectivity index (χ0v) is 12.7. The zero-order chi connectivity index (χ0) is 13.0. The Hall–Kier alpha value is -0.0800. The summed E-state index contributed by atoms with van der Waals surface area (Å²) in [5, 5.41) is 3.75. The van der Waals surface area contributed by atoms with Gasteiger partial charge in [0.05, 0.1) is 0 Å². The monoisotopic (exact) mass is 252 g/mol. The van der Waals surface area contributed by atoms with Gasteiger partial charge in [-0.25, -0.2) is 0 Å². The van der Waals surface area contributed by atoms with E-state index in [1.54, 1.807) is 0 Å². The van der Waals surface area contributed by atoms with Gasteiger partial charge in [-0.2, -0.15) is 0 Å². The van der Waals surface area contributed by atoms with Crippen LogP contribution >= 0.6 is 0 Å². The third kappa shape index (κ3) is 3.71. The molecule has 18 heavy (non-hydrogen) atoms. The lowest BCUT2D eigenvalue weighted by Gasteiger charge is -2.35. The summed E-state index contributed by atoms with van der Waals surface area (Å²) in [7, 11) is 0. The topological polar surface area (TPSA) is 15.3 Å². The van der Waals surface area contributed by atoms with Crippen molar-refractivity contribution in [1.29, 1.82) is 0 Å². The van der Waals surface area contributed by atoms with Crippen molar-refractivity contribution < 1.29 is 0 Å². The molecule has 0 aromatic rings. The Labute approximate surface area is 114 Å². The maximum Gasteiger partial charge on any atom is 0.0277 e. The van der Waals surface area contributed by atoms with Crippen molar-refractivity contribution in [3.8, 4) is 0 Å². The summed E-state index contributed by atoms with van der Waals surface area (Å²) in [6.07, 6.45) is 9.92. The van der Waals surface area contributed by atoms with Crippen LogP contribution in [0, 0.1) is 5.92 Å². The van der Waals surface area contributed by atoms with Crippen LogP contribution in [0.1, 0.15) is 65.7 Å². The molecule has 2 nitrogen and oxygen atoms in total. The average molecular weight is 252 g/mol. The molecule has 1 aliphatic heterocycles. The van der Waals surface area contributed by atoms with E-state index in [-0.39, 0.29) is 0 Å². The summed E-state index contributed by atoms with van der Waals surface area (Å²) >= 11 is 0. The first-order valence-corrected chi connectivity index (χ1v) is 8.12. The first-order valence-electron chi connectivity index (χ1n) is 8.12. The number of rotatable bonds is 4. The third-order valence-corrected chi connectivity index (χ3v) is 5.37. The second-order valence-electron chi connectivity index (χ2n) is 6.89. The van der Waals surface area contributed by atoms with Crippen molar-refractivity contribution in [3.63, 3.8) is 0 Å². The van der Waals surface area contributed by atoms with Crippen molar-refractivity contribution >= 4 is 0 Å². The summed E-state index contributed by atoms with van der Waals surface area (Å²) in [5.74, 6) is 1.03. The van der Waals surface area contributed by atoms with Crippen molar-refractivity contribution in [2.45, 2.75) is 77.3 Å². The molecule has 2 rings (SSSR count). The Kier molecular flexibility index (Phi) is 5.08. The lowest BCUT2D eigenvalue weighted by Crippen LogP contribution is -2.49. The van der Waals surface area contributed by atoms with Gasteiger partial charge in [-0.1, -0.05) is 32.6 Å². The number of hydrogen-bond donors (Lipinski definition) is 1. The van der Waals surface area contributed by atoms with E-state index in [1.165, 1.54) is 64.6 Å². The second kappa shape index (κ2) is 6.38. The number of nitrogens with zero attached hydrogens (tertiary/aromatic N) is 1. The normalized spacial score (nSPS) is 35.8. The standard InChI is InChI=1S/C16H32N2/c1-4-16(3)13-18(14(2)9-11-17-16)12-10-15-7-5-6-8-15/h14-15,17H,4-13H2,1-3H3. The molecule has 1 heterocycles. The summed E-state index contributed by atoms with van der Waals surface area (Å²) in [6, 6.07) is 0.757. The van der Waals surface area contributed by atoms with Crippen LogP contribution in [-0.4, -0.2) is 36.1 Å². The number of hydrogen-bond acceptors (Lipinski definition) is 2. The van der Waals surface area contributed by atoms with E-state index >= 15 is 0 Å². The third-order valence-electron chi connectivity index (χ3n) is 5.37. The summed E-state index contributed by atoms with van der Waals surface area (Å²) in [4.78, 5) is 2.75. The fraction of sp³-hybridized carbons (Fsp3) is 1.00. The maximum atomic E-state index is 3.75. The second-order valence-corrected chi connectivity index (χ2v) is 6.89. The van der Waals surface area contributed by atoms with Crippen LogP contribution in [0.15, 0.2) is 0 Å². The molecule has 0 aromatic heterocycles. The zero-order valence-electron chi connectivity index (χ0n) is 12.7. The Morgan fingerprint density at radius 3 is 2.61 bits per heavy atom. The predicted molar refractivity (Wildman–Crippen MR) is 78.9 cm³/mol. The minimum absolute atomic E-state index is 0.334. The molecule has 0 aromatic carbocycles. The number of nitrogens with one attached hydrogen (secondary N) is 1. The van der Waals surface area contributed by atoms with E-state index in [1.807, 2.05) is 0 Å². The summed E-state index contributed by atoms with van der Waals surface area (Å²) in [5.41, 5.74) is 0.334. The van der Waals surface area contributed by atoms with E-state index in [4.69, 9.17) is 0 Å². The average Bonchev–Trinajstić information content (AvgIpc) is 2.82. The first kappa shape index (κ1) is 14.3. The van der Waals surface area contributed by atoms with Gasteiger partial charge < -0.3 is 5.32 Å². The summed E-state index contributed by atoms with van der Waals surface area (Å²) < 4.78 is 0. The van der Waals surface area contributed by atoms with Crippen LogP contribution in [0.2, 0.25) is 0 Å². The van der Waals surface area contributed by atoms with E-state index in [9.17, 15) is 0 Å². The van der Waals surface area contributed by atoms with Crippen molar-refractivity contribution in [1.82, 2.24) is 10.2 Å². The van der Waals surface area contributed by atoms with Crippen molar-refractivity contribution in [3.05, 3.63) is 0 Å². The van der Waals surface area contributed by atoms with Gasteiger partial charge >= 0.3 is 0 Å². The SMILES string of the molecule is CCC1(C)CN(CCC2CCCC2)C(C)CCN1. The quantitative estimate of drug-likeness (QED) is 0.825. The van der Waals surface area contributed by atoms with Crippen LogP contribution in [0.25, 0.3) is 0 Å². The molecule has 2 unspecified atom stereocenters. The Balaban J connectivity index is 1.86. The van der Waals surface area contributed by atoms with Crippen LogP contribution in [0.5, 0.6) is 0 Å². The van der Waals surface area contributed by atoms with Gasteiger partial charge in [-0.15, -0.1) is 0 Å². The first-order chi connectivity index (χ1) is 8.63. The van der Waals surface area contributed by atoms with Crippen molar-refractivity contribution in [2.75, 3.05) is 19.6 Å². The van der Waals surface area contributed by atoms with E-state index in [0.29, 0.717) is 5.54 Å². The highest BCUT2D eigenvalue weighted by Gasteiger charge is 2.30. The minimum atomic E-state index is 0.334.